The van der Waals surface area contributed by atoms with Crippen molar-refractivity contribution >= 4 is 5.69 Å². The van der Waals surface area contributed by atoms with Gasteiger partial charge in [0, 0.05) is 19.0 Å². The lowest BCUT2D eigenvalue weighted by atomic mass is 10.0. The molecule has 0 fully saturated rings. The largest absolute Gasteiger partial charge is 0.314 e. The average Bonchev–Trinajstić information content (AvgIpc) is 2.73. The summed E-state index contributed by atoms with van der Waals surface area (Å²) in [7, 11) is 0. The minimum atomic E-state index is -0.285. The maximum atomic E-state index is 11.3. The second-order valence-corrected chi connectivity index (χ2v) is 5.50. The van der Waals surface area contributed by atoms with Gasteiger partial charge in [0.1, 0.15) is 11.4 Å². The summed E-state index contributed by atoms with van der Waals surface area (Å²) in [6, 6.07) is 0.278. The fourth-order valence-corrected chi connectivity index (χ4v) is 2.66. The molecule has 0 amide bonds. The molecule has 6 heteroatoms. The molecule has 0 aliphatic heterocycles. The fourth-order valence-electron chi connectivity index (χ4n) is 2.66. The lowest BCUT2D eigenvalue weighted by molar-refractivity contribution is -0.386. The Labute approximate surface area is 127 Å². The van der Waals surface area contributed by atoms with E-state index in [0.29, 0.717) is 12.1 Å². The van der Waals surface area contributed by atoms with Crippen LogP contribution in [0, 0.1) is 17.0 Å². The van der Waals surface area contributed by atoms with Gasteiger partial charge in [-0.05, 0) is 32.7 Å². The van der Waals surface area contributed by atoms with Crippen LogP contribution in [0.5, 0.6) is 0 Å². The minimum absolute atomic E-state index is 0.197. The second-order valence-electron chi connectivity index (χ2n) is 5.50. The number of rotatable bonds is 10. The van der Waals surface area contributed by atoms with Crippen molar-refractivity contribution in [2.24, 2.45) is 0 Å². The van der Waals surface area contributed by atoms with Crippen LogP contribution in [0.25, 0.3) is 0 Å². The molecule has 0 aromatic carbocycles. The van der Waals surface area contributed by atoms with Crippen LogP contribution >= 0.6 is 0 Å². The summed E-state index contributed by atoms with van der Waals surface area (Å²) in [6.07, 6.45) is 4.75. The van der Waals surface area contributed by atoms with Gasteiger partial charge in [-0.3, -0.25) is 14.8 Å². The van der Waals surface area contributed by atoms with E-state index in [1.54, 1.807) is 6.92 Å². The molecular formula is C15H28N4O2. The van der Waals surface area contributed by atoms with Crippen LogP contribution in [0.15, 0.2) is 0 Å². The van der Waals surface area contributed by atoms with Crippen LogP contribution in [0.2, 0.25) is 0 Å². The zero-order valence-corrected chi connectivity index (χ0v) is 13.7. The Balaban J connectivity index is 3.03. The van der Waals surface area contributed by atoms with Gasteiger partial charge in [-0.1, -0.05) is 27.2 Å². The maximum absolute atomic E-state index is 11.3. The van der Waals surface area contributed by atoms with E-state index in [2.05, 4.69) is 31.2 Å². The van der Waals surface area contributed by atoms with Gasteiger partial charge in [-0.15, -0.1) is 0 Å². The van der Waals surface area contributed by atoms with E-state index in [0.717, 1.165) is 44.5 Å². The lowest BCUT2D eigenvalue weighted by Gasteiger charge is -2.18. The van der Waals surface area contributed by atoms with Crippen LogP contribution in [0.3, 0.4) is 0 Å². The van der Waals surface area contributed by atoms with E-state index in [-0.39, 0.29) is 16.7 Å². The normalized spacial score (nSPS) is 12.6. The first-order chi connectivity index (χ1) is 10.0. The van der Waals surface area contributed by atoms with Crippen LogP contribution < -0.4 is 5.32 Å². The van der Waals surface area contributed by atoms with Gasteiger partial charge >= 0.3 is 5.69 Å². The molecule has 1 atom stereocenters. The zero-order valence-electron chi connectivity index (χ0n) is 13.7. The van der Waals surface area contributed by atoms with Crippen molar-refractivity contribution in [1.82, 2.24) is 15.1 Å². The van der Waals surface area contributed by atoms with Crippen molar-refractivity contribution in [3.63, 3.8) is 0 Å². The molecule has 0 saturated carbocycles. The lowest BCUT2D eigenvalue weighted by Crippen LogP contribution is -2.32. The molecule has 1 heterocycles. The molecule has 1 aromatic heterocycles. The Hall–Kier alpha value is -1.43. The van der Waals surface area contributed by atoms with Crippen LogP contribution in [0.4, 0.5) is 5.69 Å². The first kappa shape index (κ1) is 17.6. The molecule has 0 spiro atoms. The third-order valence-electron chi connectivity index (χ3n) is 3.58. The number of aryl methyl sites for hydroxylation is 2. The summed E-state index contributed by atoms with van der Waals surface area (Å²) in [6.45, 7) is 9.73. The van der Waals surface area contributed by atoms with Gasteiger partial charge in [0.25, 0.3) is 0 Å². The monoisotopic (exact) mass is 296 g/mol. The molecule has 1 unspecified atom stereocenters. The van der Waals surface area contributed by atoms with Crippen LogP contribution in [-0.4, -0.2) is 27.3 Å². The highest BCUT2D eigenvalue weighted by Crippen LogP contribution is 2.25. The number of aromatic nitrogens is 2. The number of nitrogens with zero attached hydrogens (tertiary/aromatic N) is 3. The fraction of sp³-hybridized carbons (Fsp3) is 0.800. The van der Waals surface area contributed by atoms with E-state index in [4.69, 9.17) is 0 Å². The second kappa shape index (κ2) is 8.77. The highest BCUT2D eigenvalue weighted by Gasteiger charge is 2.26. The smallest absolute Gasteiger partial charge is 0.313 e. The van der Waals surface area contributed by atoms with E-state index in [9.17, 15) is 10.1 Å². The molecule has 0 radical (unpaired) electrons. The standard InChI is InChI=1S/C15H28N4O2/c1-5-8-13(16-9-6-2)11-14-15(19(20)21)12(4)17-18(14)10-7-3/h13,16H,5-11H2,1-4H3. The maximum Gasteiger partial charge on any atom is 0.313 e. The number of hydrogen-bond acceptors (Lipinski definition) is 4. The molecule has 1 rings (SSSR count). The van der Waals surface area contributed by atoms with Crippen molar-refractivity contribution in [2.75, 3.05) is 6.54 Å². The van der Waals surface area contributed by atoms with Crippen molar-refractivity contribution < 1.29 is 4.92 Å². The van der Waals surface area contributed by atoms with Gasteiger partial charge < -0.3 is 5.32 Å². The Kier molecular flexibility index (Phi) is 7.36. The van der Waals surface area contributed by atoms with Gasteiger partial charge in [0.2, 0.25) is 0 Å². The van der Waals surface area contributed by atoms with Gasteiger partial charge in [-0.2, -0.15) is 5.10 Å². The molecule has 21 heavy (non-hydrogen) atoms. The van der Waals surface area contributed by atoms with E-state index >= 15 is 0 Å². The summed E-state index contributed by atoms with van der Waals surface area (Å²) in [4.78, 5) is 11.1. The molecule has 0 bridgehead atoms. The molecule has 6 nitrogen and oxygen atoms in total. The summed E-state index contributed by atoms with van der Waals surface area (Å²) in [5.41, 5.74) is 1.48. The molecule has 120 valence electrons. The van der Waals surface area contributed by atoms with Crippen LogP contribution in [0.1, 0.15) is 57.8 Å². The predicted molar refractivity (Wildman–Crippen MR) is 84.6 cm³/mol. The zero-order chi connectivity index (χ0) is 15.8. The average molecular weight is 296 g/mol. The number of hydrogen-bond donors (Lipinski definition) is 1. The number of nitro groups is 1. The first-order valence-electron chi connectivity index (χ1n) is 7.99. The third-order valence-corrected chi connectivity index (χ3v) is 3.58. The van der Waals surface area contributed by atoms with Crippen molar-refractivity contribution in [1.29, 1.82) is 0 Å². The number of nitrogens with one attached hydrogen (secondary N) is 1. The molecule has 0 aliphatic rings. The highest BCUT2D eigenvalue weighted by molar-refractivity contribution is 5.41. The van der Waals surface area contributed by atoms with Crippen molar-refractivity contribution in [3.8, 4) is 0 Å². The molecule has 1 aromatic rings. The predicted octanol–water partition coefficient (Wildman–Crippen LogP) is 3.22. The first-order valence-corrected chi connectivity index (χ1v) is 7.99. The quantitative estimate of drug-likeness (QED) is 0.531. The van der Waals surface area contributed by atoms with Crippen LogP contribution in [-0.2, 0) is 13.0 Å². The molecule has 0 saturated heterocycles. The van der Waals surface area contributed by atoms with Gasteiger partial charge in [-0.25, -0.2) is 0 Å². The van der Waals surface area contributed by atoms with Crippen molar-refractivity contribution in [3.05, 3.63) is 21.5 Å². The summed E-state index contributed by atoms with van der Waals surface area (Å²) < 4.78 is 1.82. The SMILES string of the molecule is CCCNC(CCC)Cc1c([N+](=O)[O-])c(C)nn1CCC. The van der Waals surface area contributed by atoms with E-state index in [1.807, 2.05) is 4.68 Å². The van der Waals surface area contributed by atoms with E-state index in [1.165, 1.54) is 0 Å². The Bertz CT molecular complexity index is 457. The summed E-state index contributed by atoms with van der Waals surface area (Å²) >= 11 is 0. The topological polar surface area (TPSA) is 73.0 Å². The Morgan fingerprint density at radius 3 is 2.52 bits per heavy atom. The minimum Gasteiger partial charge on any atom is -0.314 e. The Morgan fingerprint density at radius 1 is 1.29 bits per heavy atom. The highest BCUT2D eigenvalue weighted by atomic mass is 16.6. The molecule has 1 N–H and O–H groups in total. The molecular weight excluding hydrogens is 268 g/mol. The summed E-state index contributed by atoms with van der Waals surface area (Å²) in [5.74, 6) is 0. The van der Waals surface area contributed by atoms with Gasteiger partial charge in [0.05, 0.1) is 4.92 Å². The van der Waals surface area contributed by atoms with Crippen molar-refractivity contribution in [2.45, 2.75) is 72.4 Å². The Morgan fingerprint density at radius 2 is 2.00 bits per heavy atom. The van der Waals surface area contributed by atoms with Gasteiger partial charge in [0.15, 0.2) is 0 Å². The van der Waals surface area contributed by atoms with E-state index < -0.39 is 0 Å². The molecule has 0 aliphatic carbocycles. The third kappa shape index (κ3) is 4.81. The summed E-state index contributed by atoms with van der Waals surface area (Å²) in [5, 5.41) is 19.2.